The highest BCUT2D eigenvalue weighted by Gasteiger charge is 2.17. The quantitative estimate of drug-likeness (QED) is 0.666. The third-order valence-electron chi connectivity index (χ3n) is 2.62. The Bertz CT molecular complexity index is 510. The van der Waals surface area contributed by atoms with Crippen LogP contribution in [0.5, 0.6) is 0 Å². The third-order valence-corrected chi connectivity index (χ3v) is 3.60. The van der Waals surface area contributed by atoms with Crippen molar-refractivity contribution in [1.82, 2.24) is 0 Å². The van der Waals surface area contributed by atoms with Crippen LogP contribution in [0.2, 0.25) is 0 Å². The minimum atomic E-state index is -3.75. The molecule has 1 aliphatic rings. The van der Waals surface area contributed by atoms with Crippen LogP contribution in [-0.2, 0) is 14.8 Å². The van der Waals surface area contributed by atoms with Gasteiger partial charge in [-0.3, -0.25) is 0 Å². The van der Waals surface area contributed by atoms with E-state index in [1.807, 2.05) is 0 Å². The fourth-order valence-electron chi connectivity index (χ4n) is 1.78. The molecule has 1 aromatic carbocycles. The Balaban J connectivity index is 2.19. The van der Waals surface area contributed by atoms with Gasteiger partial charge in [-0.25, -0.2) is 13.6 Å². The van der Waals surface area contributed by atoms with Crippen LogP contribution < -0.4 is 16.2 Å². The Morgan fingerprint density at radius 1 is 1.41 bits per heavy atom. The SMILES string of the molecule is Nc1cc(NC2CCOC2)ccc1S(N)(=O)=O. The second kappa shape index (κ2) is 4.52. The average molecular weight is 257 g/mol. The molecule has 1 aliphatic heterocycles. The molecule has 0 saturated carbocycles. The van der Waals surface area contributed by atoms with Gasteiger partial charge < -0.3 is 15.8 Å². The molecule has 0 spiro atoms. The van der Waals surface area contributed by atoms with Gasteiger partial charge in [-0.15, -0.1) is 0 Å². The van der Waals surface area contributed by atoms with Gasteiger partial charge in [-0.1, -0.05) is 0 Å². The zero-order valence-electron chi connectivity index (χ0n) is 9.22. The number of primary sulfonamides is 1. The first-order valence-corrected chi connectivity index (χ1v) is 6.78. The number of hydrogen-bond acceptors (Lipinski definition) is 5. The first-order chi connectivity index (χ1) is 7.97. The van der Waals surface area contributed by atoms with Crippen molar-refractivity contribution in [1.29, 1.82) is 0 Å². The van der Waals surface area contributed by atoms with Crippen molar-refractivity contribution >= 4 is 21.4 Å². The highest BCUT2D eigenvalue weighted by molar-refractivity contribution is 7.89. The van der Waals surface area contributed by atoms with Crippen LogP contribution in [0.3, 0.4) is 0 Å². The molecular weight excluding hydrogens is 242 g/mol. The monoisotopic (exact) mass is 257 g/mol. The molecule has 1 fully saturated rings. The lowest BCUT2D eigenvalue weighted by Gasteiger charge is -2.13. The number of hydrogen-bond donors (Lipinski definition) is 3. The van der Waals surface area contributed by atoms with E-state index in [2.05, 4.69) is 5.32 Å². The normalized spacial score (nSPS) is 20.4. The van der Waals surface area contributed by atoms with Crippen molar-refractivity contribution in [2.24, 2.45) is 5.14 Å². The second-order valence-electron chi connectivity index (χ2n) is 4.00. The predicted octanol–water partition coefficient (Wildman–Crippen LogP) is 0.117. The van der Waals surface area contributed by atoms with E-state index in [0.29, 0.717) is 6.61 Å². The molecule has 7 heteroatoms. The second-order valence-corrected chi connectivity index (χ2v) is 5.53. The van der Waals surface area contributed by atoms with Crippen molar-refractivity contribution in [2.45, 2.75) is 17.4 Å². The van der Waals surface area contributed by atoms with Gasteiger partial charge in [0.15, 0.2) is 0 Å². The molecule has 0 aliphatic carbocycles. The number of sulfonamides is 1. The molecule has 0 bridgehead atoms. The number of anilines is 2. The van der Waals surface area contributed by atoms with Crippen molar-refractivity contribution in [2.75, 3.05) is 24.3 Å². The Labute approximate surface area is 100.0 Å². The Morgan fingerprint density at radius 3 is 2.71 bits per heavy atom. The zero-order valence-corrected chi connectivity index (χ0v) is 10.0. The van der Waals surface area contributed by atoms with Gasteiger partial charge >= 0.3 is 0 Å². The fourth-order valence-corrected chi connectivity index (χ4v) is 2.43. The molecule has 2 rings (SSSR count). The van der Waals surface area contributed by atoms with E-state index in [4.69, 9.17) is 15.6 Å². The summed E-state index contributed by atoms with van der Waals surface area (Å²) in [5, 5.41) is 8.24. The lowest BCUT2D eigenvalue weighted by molar-refractivity contribution is 0.195. The van der Waals surface area contributed by atoms with Crippen LogP contribution in [0.1, 0.15) is 6.42 Å². The molecule has 0 amide bonds. The number of nitrogens with two attached hydrogens (primary N) is 2. The van der Waals surface area contributed by atoms with Gasteiger partial charge in [0.2, 0.25) is 10.0 Å². The fraction of sp³-hybridized carbons (Fsp3) is 0.400. The topological polar surface area (TPSA) is 107 Å². The highest BCUT2D eigenvalue weighted by atomic mass is 32.2. The summed E-state index contributed by atoms with van der Waals surface area (Å²) in [4.78, 5) is -0.0503. The molecule has 0 aromatic heterocycles. The van der Waals surface area contributed by atoms with Crippen molar-refractivity contribution in [3.8, 4) is 0 Å². The van der Waals surface area contributed by atoms with Crippen LogP contribution in [0.4, 0.5) is 11.4 Å². The average Bonchev–Trinajstić information content (AvgIpc) is 2.68. The van der Waals surface area contributed by atoms with E-state index in [-0.39, 0.29) is 16.6 Å². The molecule has 1 unspecified atom stereocenters. The standard InChI is InChI=1S/C10H15N3O3S/c11-9-5-7(13-8-3-4-16-6-8)1-2-10(9)17(12,14)15/h1-2,5,8,13H,3-4,6,11H2,(H2,12,14,15). The van der Waals surface area contributed by atoms with E-state index in [0.717, 1.165) is 18.7 Å². The number of nitrogen functional groups attached to an aromatic ring is 1. The Morgan fingerprint density at radius 2 is 2.18 bits per heavy atom. The molecule has 1 atom stereocenters. The van der Waals surface area contributed by atoms with Crippen molar-refractivity contribution in [3.05, 3.63) is 18.2 Å². The molecule has 6 nitrogen and oxygen atoms in total. The molecular formula is C10H15N3O3S. The van der Waals surface area contributed by atoms with Gasteiger partial charge in [0.1, 0.15) is 4.90 Å². The van der Waals surface area contributed by atoms with Crippen LogP contribution in [0.25, 0.3) is 0 Å². The van der Waals surface area contributed by atoms with Crippen molar-refractivity contribution in [3.63, 3.8) is 0 Å². The highest BCUT2D eigenvalue weighted by Crippen LogP contribution is 2.22. The molecule has 94 valence electrons. The first-order valence-electron chi connectivity index (χ1n) is 5.23. The number of rotatable bonds is 3. The zero-order chi connectivity index (χ0) is 12.5. The van der Waals surface area contributed by atoms with E-state index in [1.165, 1.54) is 6.07 Å². The van der Waals surface area contributed by atoms with E-state index in [9.17, 15) is 8.42 Å². The van der Waals surface area contributed by atoms with Gasteiger partial charge in [0.05, 0.1) is 18.3 Å². The maximum absolute atomic E-state index is 11.2. The Kier molecular flexibility index (Phi) is 3.23. The lowest BCUT2D eigenvalue weighted by atomic mass is 10.2. The molecule has 1 aromatic rings. The summed E-state index contributed by atoms with van der Waals surface area (Å²) in [5.41, 5.74) is 6.57. The summed E-state index contributed by atoms with van der Waals surface area (Å²) in [5.74, 6) is 0. The van der Waals surface area contributed by atoms with Crippen LogP contribution in [0.15, 0.2) is 23.1 Å². The maximum atomic E-state index is 11.2. The predicted molar refractivity (Wildman–Crippen MR) is 65.1 cm³/mol. The van der Waals surface area contributed by atoms with E-state index < -0.39 is 10.0 Å². The summed E-state index contributed by atoms with van der Waals surface area (Å²) >= 11 is 0. The molecule has 5 N–H and O–H groups in total. The molecule has 1 saturated heterocycles. The van der Waals surface area contributed by atoms with Gasteiger partial charge in [-0.2, -0.15) is 0 Å². The third kappa shape index (κ3) is 2.87. The Hall–Kier alpha value is -1.31. The molecule has 0 radical (unpaired) electrons. The van der Waals surface area contributed by atoms with Crippen molar-refractivity contribution < 1.29 is 13.2 Å². The number of benzene rings is 1. The number of ether oxygens (including phenoxy) is 1. The van der Waals surface area contributed by atoms with E-state index >= 15 is 0 Å². The maximum Gasteiger partial charge on any atom is 0.240 e. The van der Waals surface area contributed by atoms with E-state index in [1.54, 1.807) is 12.1 Å². The minimum Gasteiger partial charge on any atom is -0.398 e. The number of nitrogens with one attached hydrogen (secondary N) is 1. The van der Waals surface area contributed by atoms with Gasteiger partial charge in [0, 0.05) is 12.3 Å². The van der Waals surface area contributed by atoms with Gasteiger partial charge in [-0.05, 0) is 24.6 Å². The first kappa shape index (κ1) is 12.2. The summed E-state index contributed by atoms with van der Waals surface area (Å²) in [6.07, 6.45) is 0.927. The summed E-state index contributed by atoms with van der Waals surface area (Å²) < 4.78 is 27.6. The van der Waals surface area contributed by atoms with Gasteiger partial charge in [0.25, 0.3) is 0 Å². The van der Waals surface area contributed by atoms with Crippen LogP contribution in [0, 0.1) is 0 Å². The summed E-state index contributed by atoms with van der Waals surface area (Å²) in [7, 11) is -3.75. The smallest absolute Gasteiger partial charge is 0.240 e. The lowest BCUT2D eigenvalue weighted by Crippen LogP contribution is -2.19. The largest absolute Gasteiger partial charge is 0.398 e. The summed E-state index contributed by atoms with van der Waals surface area (Å²) in [6.45, 7) is 1.39. The minimum absolute atomic E-state index is 0.0503. The van der Waals surface area contributed by atoms with Crippen LogP contribution in [-0.4, -0.2) is 27.7 Å². The molecule has 1 heterocycles. The summed E-state index contributed by atoms with van der Waals surface area (Å²) in [6, 6.07) is 4.87. The van der Waals surface area contributed by atoms with Crippen LogP contribution >= 0.6 is 0 Å². The molecule has 17 heavy (non-hydrogen) atoms.